The Balaban J connectivity index is 2.00. The van der Waals surface area contributed by atoms with Crippen LogP contribution in [-0.4, -0.2) is 57.7 Å². The number of hydrogen-bond acceptors (Lipinski definition) is 6. The summed E-state index contributed by atoms with van der Waals surface area (Å²) in [5.41, 5.74) is 0.965. The number of allylic oxidation sites excluding steroid dienone is 1. The van der Waals surface area contributed by atoms with Gasteiger partial charge in [-0.05, 0) is 30.3 Å². The van der Waals surface area contributed by atoms with Gasteiger partial charge >= 0.3 is 0 Å². The number of rotatable bonds is 10. The third kappa shape index (κ3) is 5.35. The maximum absolute atomic E-state index is 13.1. The summed E-state index contributed by atoms with van der Waals surface area (Å²) in [5.74, 6) is -1.80. The second kappa shape index (κ2) is 10.7. The van der Waals surface area contributed by atoms with Crippen LogP contribution in [0.1, 0.15) is 31.0 Å². The molecule has 2 aromatic rings. The van der Waals surface area contributed by atoms with Gasteiger partial charge in [0.2, 0.25) is 0 Å². The lowest BCUT2D eigenvalue weighted by molar-refractivity contribution is -0.384. The molecule has 8 nitrogen and oxygen atoms in total. The van der Waals surface area contributed by atoms with Crippen molar-refractivity contribution in [1.82, 2.24) is 9.80 Å². The lowest BCUT2D eigenvalue weighted by Gasteiger charge is -2.29. The van der Waals surface area contributed by atoms with E-state index in [1.807, 2.05) is 44.2 Å². The van der Waals surface area contributed by atoms with Crippen LogP contribution >= 0.6 is 0 Å². The molecule has 1 N–H and O–H groups in total. The number of hydrogen-bond donors (Lipinski definition) is 1. The normalized spacial score (nSPS) is 16.3. The molecule has 1 heterocycles. The van der Waals surface area contributed by atoms with Crippen molar-refractivity contribution in [3.05, 3.63) is 93.2 Å². The monoisotopic (exact) mass is 449 g/mol. The van der Waals surface area contributed by atoms with Crippen molar-refractivity contribution in [1.29, 1.82) is 0 Å². The van der Waals surface area contributed by atoms with Crippen LogP contribution in [0.3, 0.4) is 0 Å². The van der Waals surface area contributed by atoms with Crippen LogP contribution < -0.4 is 0 Å². The van der Waals surface area contributed by atoms with E-state index in [0.29, 0.717) is 12.1 Å². The predicted octanol–water partition coefficient (Wildman–Crippen LogP) is 3.91. The molecule has 1 amide bonds. The average molecular weight is 450 g/mol. The maximum Gasteiger partial charge on any atom is 0.290 e. The Kier molecular flexibility index (Phi) is 7.74. The summed E-state index contributed by atoms with van der Waals surface area (Å²) >= 11 is 0. The molecular formula is C25H27N3O5. The van der Waals surface area contributed by atoms with Gasteiger partial charge in [0.1, 0.15) is 0 Å². The summed E-state index contributed by atoms with van der Waals surface area (Å²) in [6, 6.07) is 14.1. The van der Waals surface area contributed by atoms with E-state index < -0.39 is 28.4 Å². The second-order valence-corrected chi connectivity index (χ2v) is 7.65. The van der Waals surface area contributed by atoms with Crippen LogP contribution in [0.15, 0.2) is 72.0 Å². The molecule has 1 atom stereocenters. The van der Waals surface area contributed by atoms with Crippen molar-refractivity contribution in [2.24, 2.45) is 0 Å². The SMILES string of the molecule is CCN(CC)CCN1C(=O)C(O)=C(C(=O)/C=C/c2ccccc2)[C@@H]1c1cccc([N+](=O)[O-])c1. The number of likely N-dealkylation sites (N-methyl/N-ethyl adjacent to an activating group) is 1. The Hall–Kier alpha value is -3.78. The molecule has 33 heavy (non-hydrogen) atoms. The van der Waals surface area contributed by atoms with Crippen molar-refractivity contribution < 1.29 is 19.6 Å². The van der Waals surface area contributed by atoms with Gasteiger partial charge in [-0.15, -0.1) is 0 Å². The third-order valence-corrected chi connectivity index (χ3v) is 5.74. The number of aliphatic hydroxyl groups excluding tert-OH is 1. The topological polar surface area (TPSA) is 104 Å². The second-order valence-electron chi connectivity index (χ2n) is 7.65. The number of non-ortho nitro benzene ring substituents is 1. The van der Waals surface area contributed by atoms with E-state index in [0.717, 1.165) is 18.7 Å². The molecule has 0 radical (unpaired) electrons. The minimum absolute atomic E-state index is 0.0766. The first kappa shape index (κ1) is 23.9. The lowest BCUT2D eigenvalue weighted by Crippen LogP contribution is -2.38. The van der Waals surface area contributed by atoms with Crippen molar-refractivity contribution in [2.45, 2.75) is 19.9 Å². The largest absolute Gasteiger partial charge is 0.503 e. The van der Waals surface area contributed by atoms with Gasteiger partial charge in [-0.1, -0.05) is 62.4 Å². The highest BCUT2D eigenvalue weighted by Gasteiger charge is 2.43. The smallest absolute Gasteiger partial charge is 0.290 e. The van der Waals surface area contributed by atoms with Crippen molar-refractivity contribution >= 4 is 23.5 Å². The Bertz CT molecular complexity index is 1090. The zero-order valence-electron chi connectivity index (χ0n) is 18.7. The molecule has 172 valence electrons. The molecular weight excluding hydrogens is 422 g/mol. The summed E-state index contributed by atoms with van der Waals surface area (Å²) in [7, 11) is 0. The number of carbonyl (C=O) groups excluding carboxylic acids is 2. The zero-order chi connectivity index (χ0) is 24.0. The van der Waals surface area contributed by atoms with Crippen molar-refractivity contribution in [2.75, 3.05) is 26.2 Å². The molecule has 1 aliphatic rings. The maximum atomic E-state index is 13.1. The third-order valence-electron chi connectivity index (χ3n) is 5.74. The number of benzene rings is 2. The van der Waals surface area contributed by atoms with E-state index in [4.69, 9.17) is 0 Å². The summed E-state index contributed by atoms with van der Waals surface area (Å²) in [6.45, 7) is 6.38. The van der Waals surface area contributed by atoms with Crippen molar-refractivity contribution in [3.63, 3.8) is 0 Å². The van der Waals surface area contributed by atoms with Gasteiger partial charge in [-0.2, -0.15) is 0 Å². The Morgan fingerprint density at radius 1 is 1.15 bits per heavy atom. The number of nitrogens with zero attached hydrogens (tertiary/aromatic N) is 3. The summed E-state index contributed by atoms with van der Waals surface area (Å²) in [5, 5.41) is 22.0. The quantitative estimate of drug-likeness (QED) is 0.335. The van der Waals surface area contributed by atoms with Crippen LogP contribution in [0.4, 0.5) is 5.69 Å². The highest BCUT2D eigenvalue weighted by Crippen LogP contribution is 2.38. The van der Waals surface area contributed by atoms with Gasteiger partial charge in [0, 0.05) is 25.2 Å². The Labute approximate surface area is 192 Å². The fraction of sp³-hybridized carbons (Fsp3) is 0.280. The number of nitro benzene ring substituents is 1. The van der Waals surface area contributed by atoms with E-state index >= 15 is 0 Å². The summed E-state index contributed by atoms with van der Waals surface area (Å²) < 4.78 is 0. The van der Waals surface area contributed by atoms with Gasteiger partial charge in [0.25, 0.3) is 11.6 Å². The fourth-order valence-corrected chi connectivity index (χ4v) is 3.91. The van der Waals surface area contributed by atoms with E-state index in [1.54, 1.807) is 12.1 Å². The van der Waals surface area contributed by atoms with Crippen LogP contribution in [0, 0.1) is 10.1 Å². The summed E-state index contributed by atoms with van der Waals surface area (Å²) in [4.78, 5) is 40.4. The number of aliphatic hydroxyl groups is 1. The zero-order valence-corrected chi connectivity index (χ0v) is 18.7. The number of amides is 1. The number of ketones is 1. The molecule has 0 fully saturated rings. The van der Waals surface area contributed by atoms with Crippen LogP contribution in [-0.2, 0) is 9.59 Å². The van der Waals surface area contributed by atoms with Crippen LogP contribution in [0.2, 0.25) is 0 Å². The first-order valence-corrected chi connectivity index (χ1v) is 10.9. The first-order chi connectivity index (χ1) is 15.9. The number of carbonyl (C=O) groups is 2. The van der Waals surface area contributed by atoms with E-state index in [9.17, 15) is 24.8 Å². The minimum Gasteiger partial charge on any atom is -0.503 e. The van der Waals surface area contributed by atoms with Gasteiger partial charge in [-0.25, -0.2) is 0 Å². The van der Waals surface area contributed by atoms with E-state index in [-0.39, 0.29) is 17.8 Å². The van der Waals surface area contributed by atoms with Crippen LogP contribution in [0.5, 0.6) is 0 Å². The Morgan fingerprint density at radius 3 is 2.48 bits per heavy atom. The first-order valence-electron chi connectivity index (χ1n) is 10.9. The molecule has 8 heteroatoms. The lowest BCUT2D eigenvalue weighted by atomic mass is 9.95. The molecule has 1 aliphatic heterocycles. The fourth-order valence-electron chi connectivity index (χ4n) is 3.91. The highest BCUT2D eigenvalue weighted by molar-refractivity contribution is 6.14. The molecule has 3 rings (SSSR count). The molecule has 0 saturated carbocycles. The van der Waals surface area contributed by atoms with Gasteiger partial charge < -0.3 is 14.9 Å². The molecule has 0 spiro atoms. The van der Waals surface area contributed by atoms with Gasteiger partial charge in [0.05, 0.1) is 16.5 Å². The highest BCUT2D eigenvalue weighted by atomic mass is 16.6. The average Bonchev–Trinajstić information content (AvgIpc) is 3.09. The standard InChI is InChI=1S/C25H27N3O5/c1-3-26(4-2)15-16-27-23(19-11-8-12-20(17-19)28(32)33)22(24(30)25(27)31)21(29)14-13-18-9-6-5-7-10-18/h5-14,17,23,30H,3-4,15-16H2,1-2H3/b14-13+/t23-/m0/s1. The van der Waals surface area contributed by atoms with E-state index in [1.165, 1.54) is 29.2 Å². The van der Waals surface area contributed by atoms with Crippen molar-refractivity contribution in [3.8, 4) is 0 Å². The predicted molar refractivity (Wildman–Crippen MR) is 125 cm³/mol. The molecule has 0 saturated heterocycles. The number of nitro groups is 1. The summed E-state index contributed by atoms with van der Waals surface area (Å²) in [6.07, 6.45) is 2.92. The molecule has 2 aromatic carbocycles. The molecule has 0 aromatic heterocycles. The molecule has 0 bridgehead atoms. The van der Waals surface area contributed by atoms with E-state index in [2.05, 4.69) is 4.90 Å². The minimum atomic E-state index is -0.916. The van der Waals surface area contributed by atoms with Gasteiger partial charge in [-0.3, -0.25) is 19.7 Å². The Morgan fingerprint density at radius 2 is 1.85 bits per heavy atom. The van der Waals surface area contributed by atoms with Gasteiger partial charge in [0.15, 0.2) is 11.5 Å². The molecule has 0 aliphatic carbocycles. The van der Waals surface area contributed by atoms with Crippen LogP contribution in [0.25, 0.3) is 6.08 Å². The molecule has 0 unspecified atom stereocenters.